The van der Waals surface area contributed by atoms with Crippen LogP contribution in [0.15, 0.2) is 54.9 Å². The van der Waals surface area contributed by atoms with Gasteiger partial charge in [0.25, 0.3) is 5.91 Å². The molecule has 154 valence electrons. The molecular weight excluding hydrogens is 376 g/mol. The van der Waals surface area contributed by atoms with Crippen LogP contribution in [-0.4, -0.2) is 45.1 Å². The molecule has 5 heterocycles. The van der Waals surface area contributed by atoms with Gasteiger partial charge in [0.1, 0.15) is 17.7 Å². The molecular formula is C24H26N4O2. The van der Waals surface area contributed by atoms with Gasteiger partial charge in [0.2, 0.25) is 0 Å². The quantitative estimate of drug-likeness (QED) is 0.656. The van der Waals surface area contributed by atoms with Crippen molar-refractivity contribution in [2.24, 2.45) is 0 Å². The summed E-state index contributed by atoms with van der Waals surface area (Å²) in [4.78, 5) is 22.5. The SMILES string of the molecule is Cc1ccn2c(N3CCC4(CC3)O[C@@H]3CC[C@@H](c5ccccc5)N3C4=O)ccnc12. The van der Waals surface area contributed by atoms with E-state index in [1.165, 1.54) is 11.1 Å². The van der Waals surface area contributed by atoms with Gasteiger partial charge >= 0.3 is 0 Å². The predicted octanol–water partition coefficient (Wildman–Crippen LogP) is 3.70. The number of hydrogen-bond acceptors (Lipinski definition) is 4. The van der Waals surface area contributed by atoms with Gasteiger partial charge in [0.05, 0.1) is 6.04 Å². The van der Waals surface area contributed by atoms with Crippen LogP contribution in [0.1, 0.15) is 42.9 Å². The topological polar surface area (TPSA) is 50.1 Å². The predicted molar refractivity (Wildman–Crippen MR) is 114 cm³/mol. The molecule has 0 N–H and O–H groups in total. The number of aromatic nitrogens is 2. The Labute approximate surface area is 176 Å². The fourth-order valence-electron chi connectivity index (χ4n) is 5.53. The number of anilines is 1. The maximum absolute atomic E-state index is 13.6. The summed E-state index contributed by atoms with van der Waals surface area (Å²) in [6.07, 6.45) is 7.23. The summed E-state index contributed by atoms with van der Waals surface area (Å²) < 4.78 is 8.63. The first-order valence-corrected chi connectivity index (χ1v) is 10.9. The van der Waals surface area contributed by atoms with E-state index in [0.29, 0.717) is 0 Å². The van der Waals surface area contributed by atoms with Crippen molar-refractivity contribution in [1.29, 1.82) is 0 Å². The molecule has 0 saturated carbocycles. The van der Waals surface area contributed by atoms with E-state index in [4.69, 9.17) is 4.74 Å². The average Bonchev–Trinajstić information content (AvgIpc) is 3.44. The molecule has 3 aliphatic heterocycles. The third-order valence-electron chi connectivity index (χ3n) is 7.12. The number of hydrogen-bond donors (Lipinski definition) is 0. The number of nitrogens with zero attached hydrogens (tertiary/aromatic N) is 4. The summed E-state index contributed by atoms with van der Waals surface area (Å²) in [6.45, 7) is 3.69. The highest BCUT2D eigenvalue weighted by Crippen LogP contribution is 2.47. The smallest absolute Gasteiger partial charge is 0.257 e. The molecule has 6 heteroatoms. The molecule has 0 aliphatic carbocycles. The van der Waals surface area contributed by atoms with Crippen LogP contribution in [0.25, 0.3) is 5.65 Å². The van der Waals surface area contributed by atoms with Gasteiger partial charge in [-0.05, 0) is 43.0 Å². The average molecular weight is 402 g/mol. The standard InChI is InChI=1S/C24H26N4O2/c1-17-10-14-27-20(9-13-25-22(17)27)26-15-11-24(12-16-26)23(29)28-19(7-8-21(28)30-24)18-5-3-2-4-6-18/h2-6,9-10,13-14,19,21H,7-8,11-12,15-16H2,1H3/t19-,21+/m0/s1. The molecule has 3 fully saturated rings. The fourth-order valence-corrected chi connectivity index (χ4v) is 5.53. The van der Waals surface area contributed by atoms with Crippen molar-refractivity contribution in [1.82, 2.24) is 14.3 Å². The molecule has 3 saturated heterocycles. The Hall–Kier alpha value is -2.86. The van der Waals surface area contributed by atoms with Crippen LogP contribution in [0, 0.1) is 6.92 Å². The largest absolute Gasteiger partial charge is 0.357 e. The van der Waals surface area contributed by atoms with Gasteiger partial charge in [0.15, 0.2) is 5.60 Å². The molecule has 1 aromatic carbocycles. The summed E-state index contributed by atoms with van der Waals surface area (Å²) >= 11 is 0. The lowest BCUT2D eigenvalue weighted by Gasteiger charge is -2.38. The first-order chi connectivity index (χ1) is 14.7. The van der Waals surface area contributed by atoms with E-state index in [9.17, 15) is 4.79 Å². The number of aryl methyl sites for hydroxylation is 1. The van der Waals surface area contributed by atoms with Crippen LogP contribution in [-0.2, 0) is 9.53 Å². The molecule has 1 spiro atoms. The highest BCUT2D eigenvalue weighted by molar-refractivity contribution is 5.88. The summed E-state index contributed by atoms with van der Waals surface area (Å²) in [7, 11) is 0. The molecule has 6 nitrogen and oxygen atoms in total. The van der Waals surface area contributed by atoms with Crippen molar-refractivity contribution in [2.75, 3.05) is 18.0 Å². The van der Waals surface area contributed by atoms with Crippen LogP contribution in [0.3, 0.4) is 0 Å². The van der Waals surface area contributed by atoms with Crippen molar-refractivity contribution in [3.63, 3.8) is 0 Å². The maximum atomic E-state index is 13.6. The van der Waals surface area contributed by atoms with Gasteiger partial charge in [-0.15, -0.1) is 0 Å². The zero-order valence-electron chi connectivity index (χ0n) is 17.2. The van der Waals surface area contributed by atoms with Gasteiger partial charge in [0, 0.05) is 38.3 Å². The Kier molecular flexibility index (Phi) is 3.93. The van der Waals surface area contributed by atoms with E-state index in [0.717, 1.165) is 50.2 Å². The number of benzene rings is 1. The van der Waals surface area contributed by atoms with Crippen molar-refractivity contribution in [3.05, 3.63) is 66.0 Å². The van der Waals surface area contributed by atoms with Gasteiger partial charge < -0.3 is 14.5 Å². The number of carbonyl (C=O) groups excluding carboxylic acids is 1. The molecule has 2 atom stereocenters. The summed E-state index contributed by atoms with van der Waals surface area (Å²) in [6, 6.07) is 14.7. The van der Waals surface area contributed by atoms with Gasteiger partial charge in [-0.3, -0.25) is 9.20 Å². The van der Waals surface area contributed by atoms with E-state index in [2.05, 4.69) is 63.8 Å². The van der Waals surface area contributed by atoms with E-state index < -0.39 is 5.60 Å². The number of amides is 1. The molecule has 6 rings (SSSR count). The lowest BCUT2D eigenvalue weighted by atomic mass is 9.89. The monoisotopic (exact) mass is 402 g/mol. The van der Waals surface area contributed by atoms with Crippen molar-refractivity contribution >= 4 is 17.4 Å². The zero-order valence-corrected chi connectivity index (χ0v) is 17.2. The lowest BCUT2D eigenvalue weighted by molar-refractivity contribution is -0.140. The molecule has 1 amide bonds. The van der Waals surface area contributed by atoms with Crippen LogP contribution >= 0.6 is 0 Å². The first kappa shape index (κ1) is 18.0. The molecule has 3 aromatic rings. The third-order valence-corrected chi connectivity index (χ3v) is 7.12. The Balaban J connectivity index is 1.23. The minimum absolute atomic E-state index is 0.0750. The van der Waals surface area contributed by atoms with Crippen LogP contribution < -0.4 is 4.90 Å². The number of rotatable bonds is 2. The maximum Gasteiger partial charge on any atom is 0.257 e. The Morgan fingerprint density at radius 3 is 2.67 bits per heavy atom. The Morgan fingerprint density at radius 1 is 1.07 bits per heavy atom. The van der Waals surface area contributed by atoms with Gasteiger partial charge in [-0.25, -0.2) is 4.98 Å². The highest BCUT2D eigenvalue weighted by atomic mass is 16.6. The normalized spacial score (nSPS) is 25.4. The molecule has 30 heavy (non-hydrogen) atoms. The second-order valence-electron chi connectivity index (χ2n) is 8.77. The second-order valence-corrected chi connectivity index (χ2v) is 8.77. The number of fused-ring (bicyclic) bond motifs is 2. The molecule has 0 unspecified atom stereocenters. The Bertz CT molecular complexity index is 1100. The number of piperidine rings is 1. The third kappa shape index (κ3) is 2.53. The molecule has 0 radical (unpaired) electrons. The molecule has 3 aliphatic rings. The number of ether oxygens (including phenoxy) is 1. The van der Waals surface area contributed by atoms with Crippen LogP contribution in [0.4, 0.5) is 5.82 Å². The summed E-state index contributed by atoms with van der Waals surface area (Å²) in [5.41, 5.74) is 2.72. The van der Waals surface area contributed by atoms with Crippen LogP contribution in [0.2, 0.25) is 0 Å². The summed E-state index contributed by atoms with van der Waals surface area (Å²) in [5.74, 6) is 1.33. The van der Waals surface area contributed by atoms with Crippen LogP contribution in [0.5, 0.6) is 0 Å². The van der Waals surface area contributed by atoms with Crippen molar-refractivity contribution < 1.29 is 9.53 Å². The zero-order chi connectivity index (χ0) is 20.3. The summed E-state index contributed by atoms with van der Waals surface area (Å²) in [5, 5.41) is 0. The van der Waals surface area contributed by atoms with E-state index >= 15 is 0 Å². The number of carbonyl (C=O) groups is 1. The molecule has 0 bridgehead atoms. The van der Waals surface area contributed by atoms with Gasteiger partial charge in [-0.2, -0.15) is 0 Å². The minimum Gasteiger partial charge on any atom is -0.357 e. The second kappa shape index (κ2) is 6.57. The molecule has 2 aromatic heterocycles. The first-order valence-electron chi connectivity index (χ1n) is 10.9. The van der Waals surface area contributed by atoms with Crippen molar-refractivity contribution in [2.45, 2.75) is 50.5 Å². The van der Waals surface area contributed by atoms with Crippen molar-refractivity contribution in [3.8, 4) is 0 Å². The highest BCUT2D eigenvalue weighted by Gasteiger charge is 2.57. The Morgan fingerprint density at radius 2 is 1.87 bits per heavy atom. The fraction of sp³-hybridized carbons (Fsp3) is 0.417. The van der Waals surface area contributed by atoms with Gasteiger partial charge in [-0.1, -0.05) is 30.3 Å². The van der Waals surface area contributed by atoms with E-state index in [1.807, 2.05) is 17.2 Å². The lowest BCUT2D eigenvalue weighted by Crippen LogP contribution is -2.50. The van der Waals surface area contributed by atoms with E-state index in [1.54, 1.807) is 0 Å². The minimum atomic E-state index is -0.659. The van der Waals surface area contributed by atoms with E-state index in [-0.39, 0.29) is 18.2 Å².